The Morgan fingerprint density at radius 3 is 2.35 bits per heavy atom. The van der Waals surface area contributed by atoms with E-state index in [1.165, 1.54) is 46.9 Å². The molecule has 0 aliphatic heterocycles. The molecule has 0 bridgehead atoms. The van der Waals surface area contributed by atoms with Crippen LogP contribution in [0.5, 0.6) is 0 Å². The fourth-order valence-corrected chi connectivity index (χ4v) is 5.44. The molecule has 0 radical (unpaired) electrons. The van der Waals surface area contributed by atoms with Crippen LogP contribution < -0.4 is 0 Å². The zero-order valence-electron chi connectivity index (χ0n) is 12.7. The molecule has 0 spiro atoms. The zero-order valence-corrected chi connectivity index (χ0v) is 14.3. The Bertz CT molecular complexity index is 1170. The largest absolute Gasteiger partial charge is 0.144 e. The van der Waals surface area contributed by atoms with Gasteiger partial charge in [0.1, 0.15) is 0 Å². The van der Waals surface area contributed by atoms with E-state index in [4.69, 9.17) is 0 Å². The molecule has 5 aromatic rings. The van der Waals surface area contributed by atoms with Crippen molar-refractivity contribution in [2.24, 2.45) is 0 Å². The topological polar surface area (TPSA) is 0 Å². The highest BCUT2D eigenvalue weighted by Crippen LogP contribution is 2.45. The first-order valence-electron chi connectivity index (χ1n) is 7.70. The van der Waals surface area contributed by atoms with E-state index in [-0.39, 0.29) is 0 Å². The van der Waals surface area contributed by atoms with Gasteiger partial charge in [-0.15, -0.1) is 22.7 Å². The van der Waals surface area contributed by atoms with Crippen molar-refractivity contribution in [3.8, 4) is 11.1 Å². The van der Waals surface area contributed by atoms with Gasteiger partial charge < -0.3 is 0 Å². The van der Waals surface area contributed by atoms with Crippen LogP contribution in [0.1, 0.15) is 4.88 Å². The maximum absolute atomic E-state index is 2.32. The van der Waals surface area contributed by atoms with Gasteiger partial charge in [-0.25, -0.2) is 0 Å². The van der Waals surface area contributed by atoms with Crippen LogP contribution in [-0.4, -0.2) is 0 Å². The number of rotatable bonds is 1. The van der Waals surface area contributed by atoms with Crippen LogP contribution in [0.15, 0.2) is 66.0 Å². The third kappa shape index (κ3) is 1.89. The molecule has 0 saturated carbocycles. The minimum absolute atomic E-state index is 1.33. The molecule has 2 aromatic heterocycles. The summed E-state index contributed by atoms with van der Waals surface area (Å²) in [6.45, 7) is 2.25. The van der Waals surface area contributed by atoms with Gasteiger partial charge in [-0.05, 0) is 46.8 Å². The summed E-state index contributed by atoms with van der Waals surface area (Å²) in [7, 11) is 0. The van der Waals surface area contributed by atoms with Gasteiger partial charge in [0.25, 0.3) is 0 Å². The summed E-state index contributed by atoms with van der Waals surface area (Å²) in [4.78, 5) is 1.40. The summed E-state index contributed by atoms with van der Waals surface area (Å²) in [5, 5.41) is 7.63. The van der Waals surface area contributed by atoms with Gasteiger partial charge in [0.2, 0.25) is 0 Å². The Hall–Kier alpha value is -2.16. The highest BCUT2D eigenvalue weighted by molar-refractivity contribution is 7.19. The predicted octanol–water partition coefficient (Wildman–Crippen LogP) is 7.24. The summed E-state index contributed by atoms with van der Waals surface area (Å²) in [6, 6.07) is 22.1. The van der Waals surface area contributed by atoms with E-state index < -0.39 is 0 Å². The molecule has 2 heteroatoms. The summed E-state index contributed by atoms with van der Waals surface area (Å²) in [6.07, 6.45) is 0. The minimum atomic E-state index is 1.33. The first-order valence-corrected chi connectivity index (χ1v) is 9.40. The molecule has 2 heterocycles. The minimum Gasteiger partial charge on any atom is -0.144 e. The highest BCUT2D eigenvalue weighted by Gasteiger charge is 2.17. The average Bonchev–Trinajstić information content (AvgIpc) is 3.16. The lowest BCUT2D eigenvalue weighted by atomic mass is 9.93. The van der Waals surface area contributed by atoms with Crippen molar-refractivity contribution in [2.75, 3.05) is 0 Å². The molecule has 5 rings (SSSR count). The van der Waals surface area contributed by atoms with Crippen molar-refractivity contribution in [3.05, 3.63) is 70.9 Å². The van der Waals surface area contributed by atoms with E-state index >= 15 is 0 Å². The monoisotopic (exact) mass is 330 g/mol. The van der Waals surface area contributed by atoms with Crippen molar-refractivity contribution in [3.63, 3.8) is 0 Å². The Labute approximate surface area is 142 Å². The van der Waals surface area contributed by atoms with Gasteiger partial charge in [0.05, 0.1) is 0 Å². The number of thiophene rings is 2. The standard InChI is InChI=1S/C21H14S2/c1-13-20(16-8-4-5-9-18(16)23-13)21-15-7-3-2-6-14(15)12-19-17(21)10-11-22-19/h2-12H,1H3. The first kappa shape index (κ1) is 13.3. The molecule has 0 N–H and O–H groups in total. The SMILES string of the molecule is Cc1sc2ccccc2c1-c1c2ccccc2cc2sccc12. The van der Waals surface area contributed by atoms with Crippen molar-refractivity contribution < 1.29 is 0 Å². The van der Waals surface area contributed by atoms with Crippen LogP contribution in [0.3, 0.4) is 0 Å². The lowest BCUT2D eigenvalue weighted by Crippen LogP contribution is -1.84. The molecular formula is C21H14S2. The van der Waals surface area contributed by atoms with E-state index in [0.717, 1.165) is 0 Å². The molecule has 0 unspecified atom stereocenters. The quantitative estimate of drug-likeness (QED) is 0.304. The van der Waals surface area contributed by atoms with Gasteiger partial charge in [-0.1, -0.05) is 42.5 Å². The smallest absolute Gasteiger partial charge is 0.0355 e. The second-order valence-electron chi connectivity index (χ2n) is 5.83. The molecule has 0 fully saturated rings. The van der Waals surface area contributed by atoms with Crippen LogP contribution in [0.2, 0.25) is 0 Å². The van der Waals surface area contributed by atoms with Crippen molar-refractivity contribution in [2.45, 2.75) is 6.92 Å². The van der Waals surface area contributed by atoms with Crippen molar-refractivity contribution in [1.82, 2.24) is 0 Å². The fraction of sp³-hybridized carbons (Fsp3) is 0.0476. The van der Waals surface area contributed by atoms with E-state index in [1.54, 1.807) is 0 Å². The summed E-state index contributed by atoms with van der Waals surface area (Å²) in [5.41, 5.74) is 2.81. The molecule has 0 atom stereocenters. The van der Waals surface area contributed by atoms with Gasteiger partial charge in [-0.2, -0.15) is 0 Å². The fourth-order valence-electron chi connectivity index (χ4n) is 3.52. The third-order valence-electron chi connectivity index (χ3n) is 4.50. The van der Waals surface area contributed by atoms with Gasteiger partial charge in [-0.3, -0.25) is 0 Å². The second-order valence-corrected chi connectivity index (χ2v) is 8.04. The molecule has 110 valence electrons. The molecule has 23 heavy (non-hydrogen) atoms. The normalized spacial score (nSPS) is 11.7. The van der Waals surface area contributed by atoms with E-state index in [0.29, 0.717) is 0 Å². The second kappa shape index (κ2) is 4.92. The van der Waals surface area contributed by atoms with Crippen LogP contribution in [-0.2, 0) is 0 Å². The maximum Gasteiger partial charge on any atom is 0.0355 e. The van der Waals surface area contributed by atoms with Gasteiger partial charge in [0, 0.05) is 30.6 Å². The van der Waals surface area contributed by atoms with E-state index in [1.807, 2.05) is 22.7 Å². The predicted molar refractivity (Wildman–Crippen MR) is 105 cm³/mol. The first-order chi connectivity index (χ1) is 11.3. The van der Waals surface area contributed by atoms with Gasteiger partial charge >= 0.3 is 0 Å². The Morgan fingerprint density at radius 1 is 0.696 bits per heavy atom. The van der Waals surface area contributed by atoms with Crippen LogP contribution in [0.4, 0.5) is 0 Å². The highest BCUT2D eigenvalue weighted by atomic mass is 32.1. The molecule has 0 nitrogen and oxygen atoms in total. The number of fused-ring (bicyclic) bond motifs is 3. The van der Waals surface area contributed by atoms with Crippen molar-refractivity contribution in [1.29, 1.82) is 0 Å². The van der Waals surface area contributed by atoms with E-state index in [2.05, 4.69) is 73.0 Å². The Balaban J connectivity index is 2.05. The van der Waals surface area contributed by atoms with Crippen LogP contribution in [0.25, 0.3) is 42.1 Å². The van der Waals surface area contributed by atoms with E-state index in [9.17, 15) is 0 Å². The van der Waals surface area contributed by atoms with Crippen LogP contribution >= 0.6 is 22.7 Å². The molecule has 0 aliphatic carbocycles. The van der Waals surface area contributed by atoms with Crippen LogP contribution in [0, 0.1) is 6.92 Å². The van der Waals surface area contributed by atoms with Crippen molar-refractivity contribution >= 4 is 53.6 Å². The lowest BCUT2D eigenvalue weighted by molar-refractivity contribution is 1.64. The number of benzene rings is 3. The maximum atomic E-state index is 2.32. The zero-order chi connectivity index (χ0) is 15.4. The third-order valence-corrected chi connectivity index (χ3v) is 6.45. The summed E-state index contributed by atoms with van der Waals surface area (Å²) < 4.78 is 2.74. The molecule has 3 aromatic carbocycles. The molecule has 0 aliphatic rings. The summed E-state index contributed by atoms with van der Waals surface area (Å²) >= 11 is 3.72. The Morgan fingerprint density at radius 2 is 1.43 bits per heavy atom. The number of hydrogen-bond donors (Lipinski definition) is 0. The molecular weight excluding hydrogens is 316 g/mol. The number of hydrogen-bond acceptors (Lipinski definition) is 2. The number of aryl methyl sites for hydroxylation is 1. The summed E-state index contributed by atoms with van der Waals surface area (Å²) in [5.74, 6) is 0. The lowest BCUT2D eigenvalue weighted by Gasteiger charge is -2.10. The Kier molecular flexibility index (Phi) is 2.84. The average molecular weight is 330 g/mol. The van der Waals surface area contributed by atoms with Gasteiger partial charge in [0.15, 0.2) is 0 Å². The molecule has 0 saturated heterocycles. The molecule has 0 amide bonds.